The van der Waals surface area contributed by atoms with Gasteiger partial charge in [-0.05, 0) is 34.1 Å². The van der Waals surface area contributed by atoms with Gasteiger partial charge in [0.05, 0.1) is 0 Å². The molecule has 0 saturated heterocycles. The topological polar surface area (TPSA) is 18.5 Å². The molecule has 0 N–H and O–H groups in total. The van der Waals surface area contributed by atoms with Gasteiger partial charge in [-0.1, -0.05) is 133 Å². The molecular weight excluding hydrogens is 416 g/mol. The fourth-order valence-corrected chi connectivity index (χ4v) is 3.69. The molecule has 166 valence electrons. The van der Waals surface area contributed by atoms with Crippen LogP contribution < -0.4 is 0 Å². The fourth-order valence-electron chi connectivity index (χ4n) is 3.69. The van der Waals surface area contributed by atoms with Gasteiger partial charge in [0.2, 0.25) is 0 Å². The Bertz CT molecular complexity index is 1060. The van der Waals surface area contributed by atoms with Gasteiger partial charge in [0.1, 0.15) is 25.4 Å². The Labute approximate surface area is 202 Å². The third-order valence-electron chi connectivity index (χ3n) is 5.29. The van der Waals surface area contributed by atoms with Gasteiger partial charge in [0.25, 0.3) is 0 Å². The lowest BCUT2D eigenvalue weighted by molar-refractivity contribution is 0.108. The zero-order chi connectivity index (χ0) is 23.3. The first-order chi connectivity index (χ1) is 16.9. The van der Waals surface area contributed by atoms with Crippen LogP contribution in [0.15, 0.2) is 121 Å². The smallest absolute Gasteiger partial charge is 0.110 e. The van der Waals surface area contributed by atoms with E-state index in [0.29, 0.717) is 13.2 Å². The Kier molecular flexibility index (Phi) is 8.71. The molecule has 2 heteroatoms. The second-order valence-corrected chi connectivity index (χ2v) is 7.63. The summed E-state index contributed by atoms with van der Waals surface area (Å²) in [5, 5.41) is 0. The number of hydrogen-bond donors (Lipinski definition) is 0. The Morgan fingerprint density at radius 2 is 0.676 bits per heavy atom. The lowest BCUT2D eigenvalue weighted by Gasteiger charge is -2.17. The molecule has 0 heterocycles. The van der Waals surface area contributed by atoms with Crippen LogP contribution in [0.25, 0.3) is 0 Å². The fraction of sp³-hybridized carbons (Fsp3) is 0.125. The predicted octanol–water partition coefficient (Wildman–Crippen LogP) is 6.61. The van der Waals surface area contributed by atoms with Gasteiger partial charge >= 0.3 is 0 Å². The van der Waals surface area contributed by atoms with Crippen molar-refractivity contribution in [3.8, 4) is 23.7 Å². The van der Waals surface area contributed by atoms with E-state index < -0.39 is 0 Å². The van der Waals surface area contributed by atoms with Crippen molar-refractivity contribution in [1.29, 1.82) is 0 Å². The van der Waals surface area contributed by atoms with Crippen molar-refractivity contribution in [2.45, 2.75) is 12.2 Å². The van der Waals surface area contributed by atoms with Crippen LogP contribution in [0.1, 0.15) is 34.5 Å². The van der Waals surface area contributed by atoms with E-state index >= 15 is 0 Å². The summed E-state index contributed by atoms with van der Waals surface area (Å²) in [6.07, 6.45) is -0.323. The number of ether oxygens (including phenoxy) is 2. The van der Waals surface area contributed by atoms with Crippen LogP contribution in [-0.2, 0) is 9.47 Å². The van der Waals surface area contributed by atoms with E-state index in [4.69, 9.17) is 9.47 Å². The summed E-state index contributed by atoms with van der Waals surface area (Å²) in [5.74, 6) is 11.8. The molecule has 0 spiro atoms. The number of hydrogen-bond acceptors (Lipinski definition) is 2. The Morgan fingerprint density at radius 3 is 0.941 bits per heavy atom. The molecule has 4 aromatic carbocycles. The summed E-state index contributed by atoms with van der Waals surface area (Å²) >= 11 is 0. The van der Waals surface area contributed by atoms with Crippen molar-refractivity contribution in [3.05, 3.63) is 144 Å². The third kappa shape index (κ3) is 6.71. The number of rotatable bonds is 8. The minimum atomic E-state index is -0.162. The molecule has 0 aliphatic carbocycles. The van der Waals surface area contributed by atoms with Crippen LogP contribution in [0.4, 0.5) is 0 Å². The Balaban J connectivity index is 1.34. The van der Waals surface area contributed by atoms with Crippen molar-refractivity contribution in [2.24, 2.45) is 0 Å². The Morgan fingerprint density at radius 1 is 0.412 bits per heavy atom. The maximum atomic E-state index is 6.10. The van der Waals surface area contributed by atoms with Gasteiger partial charge in [-0.2, -0.15) is 0 Å². The van der Waals surface area contributed by atoms with Crippen LogP contribution in [0.3, 0.4) is 0 Å². The van der Waals surface area contributed by atoms with Crippen LogP contribution in [-0.4, -0.2) is 13.2 Å². The van der Waals surface area contributed by atoms with Crippen LogP contribution in [0.2, 0.25) is 0 Å². The summed E-state index contributed by atoms with van der Waals surface area (Å²) in [4.78, 5) is 0. The summed E-state index contributed by atoms with van der Waals surface area (Å²) in [6.45, 7) is 0.585. The van der Waals surface area contributed by atoms with E-state index in [-0.39, 0.29) is 12.2 Å². The van der Waals surface area contributed by atoms with Gasteiger partial charge in [-0.25, -0.2) is 0 Å². The third-order valence-corrected chi connectivity index (χ3v) is 5.29. The van der Waals surface area contributed by atoms with Crippen molar-refractivity contribution >= 4 is 0 Å². The molecule has 4 aromatic rings. The molecule has 4 rings (SSSR count). The maximum Gasteiger partial charge on any atom is 0.110 e. The SMILES string of the molecule is C(C#CCOC(c1ccccc1)c1ccccc1)#CCOC(c1ccccc1)c1ccccc1. The van der Waals surface area contributed by atoms with E-state index in [1.807, 2.05) is 72.8 Å². The first kappa shape index (κ1) is 23.1. The van der Waals surface area contributed by atoms with Crippen molar-refractivity contribution in [3.63, 3.8) is 0 Å². The monoisotopic (exact) mass is 442 g/mol. The van der Waals surface area contributed by atoms with Gasteiger partial charge < -0.3 is 9.47 Å². The standard InChI is InChI=1S/C32H26O2/c1(15-25-33-31(27-17-7-3-8-18-27)28-19-9-4-10-20-28)2-16-26-34-32(29-21-11-5-12-22-29)30-23-13-6-14-24-30/h3-14,17-24,31-32H,25-26H2. The zero-order valence-corrected chi connectivity index (χ0v) is 18.9. The predicted molar refractivity (Wildman–Crippen MR) is 137 cm³/mol. The quantitative estimate of drug-likeness (QED) is 0.286. The van der Waals surface area contributed by atoms with E-state index in [1.54, 1.807) is 0 Å². The van der Waals surface area contributed by atoms with Gasteiger partial charge in [0, 0.05) is 0 Å². The van der Waals surface area contributed by atoms with Crippen LogP contribution >= 0.6 is 0 Å². The van der Waals surface area contributed by atoms with Crippen molar-refractivity contribution in [2.75, 3.05) is 13.2 Å². The van der Waals surface area contributed by atoms with Crippen molar-refractivity contribution < 1.29 is 9.47 Å². The van der Waals surface area contributed by atoms with Gasteiger partial charge in [0.15, 0.2) is 0 Å². The van der Waals surface area contributed by atoms with E-state index in [2.05, 4.69) is 72.2 Å². The average Bonchev–Trinajstić information content (AvgIpc) is 2.92. The number of benzene rings is 4. The molecule has 0 unspecified atom stereocenters. The summed E-state index contributed by atoms with van der Waals surface area (Å²) in [6, 6.07) is 40.7. The highest BCUT2D eigenvalue weighted by Crippen LogP contribution is 2.26. The second-order valence-electron chi connectivity index (χ2n) is 7.63. The molecule has 0 bridgehead atoms. The first-order valence-corrected chi connectivity index (χ1v) is 11.3. The van der Waals surface area contributed by atoms with Crippen LogP contribution in [0.5, 0.6) is 0 Å². The highest BCUT2D eigenvalue weighted by molar-refractivity contribution is 5.32. The van der Waals surface area contributed by atoms with Crippen molar-refractivity contribution in [1.82, 2.24) is 0 Å². The van der Waals surface area contributed by atoms with E-state index in [1.165, 1.54) is 0 Å². The molecule has 0 atom stereocenters. The van der Waals surface area contributed by atoms with Gasteiger partial charge in [-0.3, -0.25) is 0 Å². The summed E-state index contributed by atoms with van der Waals surface area (Å²) in [7, 11) is 0. The lowest BCUT2D eigenvalue weighted by atomic mass is 10.0. The Hall–Kier alpha value is -4.08. The molecule has 0 aliphatic rings. The molecule has 0 saturated carbocycles. The molecule has 0 aromatic heterocycles. The molecule has 0 amide bonds. The average molecular weight is 443 g/mol. The first-order valence-electron chi connectivity index (χ1n) is 11.3. The largest absolute Gasteiger partial charge is 0.356 e. The van der Waals surface area contributed by atoms with E-state index in [9.17, 15) is 0 Å². The maximum absolute atomic E-state index is 6.10. The highest BCUT2D eigenvalue weighted by atomic mass is 16.5. The molecule has 0 aliphatic heterocycles. The second kappa shape index (κ2) is 12.8. The summed E-state index contributed by atoms with van der Waals surface area (Å²) < 4.78 is 12.2. The zero-order valence-electron chi connectivity index (χ0n) is 18.9. The minimum Gasteiger partial charge on any atom is -0.356 e. The minimum absolute atomic E-state index is 0.162. The highest BCUT2D eigenvalue weighted by Gasteiger charge is 2.14. The summed E-state index contributed by atoms with van der Waals surface area (Å²) in [5.41, 5.74) is 4.40. The normalized spacial score (nSPS) is 10.3. The molecule has 2 nitrogen and oxygen atoms in total. The molecule has 0 radical (unpaired) electrons. The van der Waals surface area contributed by atoms with Gasteiger partial charge in [-0.15, -0.1) is 0 Å². The van der Waals surface area contributed by atoms with E-state index in [0.717, 1.165) is 22.3 Å². The molecule has 34 heavy (non-hydrogen) atoms. The molecule has 0 fully saturated rings. The lowest BCUT2D eigenvalue weighted by Crippen LogP contribution is -2.06. The molecular formula is C32H26O2. The van der Waals surface area contributed by atoms with Crippen LogP contribution in [0, 0.1) is 23.7 Å².